The fraction of sp³-hybridized carbons (Fsp3) is 0.455. The van der Waals surface area contributed by atoms with Gasteiger partial charge < -0.3 is 5.73 Å². The molecule has 0 heterocycles. The van der Waals surface area contributed by atoms with Crippen LogP contribution in [-0.2, 0) is 23.3 Å². The lowest BCUT2D eigenvalue weighted by molar-refractivity contribution is 0.565. The van der Waals surface area contributed by atoms with Crippen molar-refractivity contribution in [2.45, 2.75) is 26.4 Å². The lowest BCUT2D eigenvalue weighted by Crippen LogP contribution is -2.36. The lowest BCUT2D eigenvalue weighted by Gasteiger charge is -2.07. The van der Waals surface area contributed by atoms with E-state index in [-0.39, 0.29) is 6.54 Å². The molecule has 0 bridgehead atoms. The lowest BCUT2D eigenvalue weighted by atomic mass is 10.1. The Kier molecular flexibility index (Phi) is 5.57. The van der Waals surface area contributed by atoms with Crippen molar-refractivity contribution in [2.24, 2.45) is 5.73 Å². The van der Waals surface area contributed by atoms with E-state index in [1.807, 2.05) is 31.2 Å². The number of nitrogens with two attached hydrogens (primary N) is 1. The molecule has 0 saturated carbocycles. The Morgan fingerprint density at radius 3 is 2.24 bits per heavy atom. The molecule has 96 valence electrons. The fourth-order valence-electron chi connectivity index (χ4n) is 1.26. The van der Waals surface area contributed by atoms with E-state index in [2.05, 4.69) is 9.44 Å². The van der Waals surface area contributed by atoms with Gasteiger partial charge in [0.2, 0.25) is 0 Å². The summed E-state index contributed by atoms with van der Waals surface area (Å²) in [5.74, 6) is 0. The fourth-order valence-corrected chi connectivity index (χ4v) is 2.19. The summed E-state index contributed by atoms with van der Waals surface area (Å²) < 4.78 is 27.8. The summed E-state index contributed by atoms with van der Waals surface area (Å²) in [6.07, 6.45) is 0.770. The van der Waals surface area contributed by atoms with Crippen LogP contribution in [-0.4, -0.2) is 15.0 Å². The zero-order valence-corrected chi connectivity index (χ0v) is 10.8. The first kappa shape index (κ1) is 14.1. The second kappa shape index (κ2) is 6.70. The zero-order chi connectivity index (χ0) is 12.7. The third kappa shape index (κ3) is 5.27. The summed E-state index contributed by atoms with van der Waals surface area (Å²) in [7, 11) is -3.38. The van der Waals surface area contributed by atoms with Crippen LogP contribution >= 0.6 is 0 Å². The van der Waals surface area contributed by atoms with E-state index in [0.29, 0.717) is 13.1 Å². The molecule has 0 spiro atoms. The normalized spacial score (nSPS) is 11.6. The predicted molar refractivity (Wildman–Crippen MR) is 68.4 cm³/mol. The first-order chi connectivity index (χ1) is 8.07. The second-order valence-electron chi connectivity index (χ2n) is 3.74. The van der Waals surface area contributed by atoms with Crippen LogP contribution in [0.25, 0.3) is 0 Å². The molecule has 1 aromatic carbocycles. The number of hydrogen-bond donors (Lipinski definition) is 3. The molecular weight excluding hydrogens is 238 g/mol. The van der Waals surface area contributed by atoms with Crippen molar-refractivity contribution in [3.63, 3.8) is 0 Å². The average molecular weight is 257 g/mol. The third-order valence-corrected chi connectivity index (χ3v) is 3.38. The van der Waals surface area contributed by atoms with Crippen molar-refractivity contribution >= 4 is 10.2 Å². The summed E-state index contributed by atoms with van der Waals surface area (Å²) >= 11 is 0. The van der Waals surface area contributed by atoms with Gasteiger partial charge in [0, 0.05) is 19.6 Å². The Bertz CT molecular complexity index is 429. The van der Waals surface area contributed by atoms with Gasteiger partial charge in [-0.25, -0.2) is 4.72 Å². The monoisotopic (exact) mass is 257 g/mol. The molecule has 0 aliphatic heterocycles. The SMILES string of the molecule is CCCNS(=O)(=O)NCc1ccc(CN)cc1. The molecule has 0 atom stereocenters. The van der Waals surface area contributed by atoms with Gasteiger partial charge >= 0.3 is 0 Å². The van der Waals surface area contributed by atoms with Crippen LogP contribution in [0, 0.1) is 0 Å². The van der Waals surface area contributed by atoms with Crippen LogP contribution in [0.2, 0.25) is 0 Å². The van der Waals surface area contributed by atoms with Crippen molar-refractivity contribution < 1.29 is 8.42 Å². The Balaban J connectivity index is 2.49. The van der Waals surface area contributed by atoms with Gasteiger partial charge in [-0.2, -0.15) is 13.1 Å². The van der Waals surface area contributed by atoms with Gasteiger partial charge in [0.1, 0.15) is 0 Å². The third-order valence-electron chi connectivity index (χ3n) is 2.27. The van der Waals surface area contributed by atoms with Crippen LogP contribution in [0.4, 0.5) is 0 Å². The molecule has 6 heteroatoms. The molecule has 0 amide bonds. The van der Waals surface area contributed by atoms with E-state index >= 15 is 0 Å². The molecule has 1 aromatic rings. The molecule has 0 aliphatic carbocycles. The molecule has 17 heavy (non-hydrogen) atoms. The molecular formula is C11H19N3O2S. The smallest absolute Gasteiger partial charge is 0.277 e. The molecule has 0 saturated heterocycles. The minimum atomic E-state index is -3.38. The van der Waals surface area contributed by atoms with Crippen molar-refractivity contribution in [3.8, 4) is 0 Å². The second-order valence-corrected chi connectivity index (χ2v) is 5.32. The minimum absolute atomic E-state index is 0.282. The molecule has 4 N–H and O–H groups in total. The van der Waals surface area contributed by atoms with Crippen LogP contribution in [0.1, 0.15) is 24.5 Å². The Hall–Kier alpha value is -0.950. The highest BCUT2D eigenvalue weighted by Gasteiger charge is 2.07. The first-order valence-electron chi connectivity index (χ1n) is 5.59. The molecule has 0 aliphatic rings. The highest BCUT2D eigenvalue weighted by Crippen LogP contribution is 2.03. The molecule has 0 unspecified atom stereocenters. The van der Waals surface area contributed by atoms with Crippen molar-refractivity contribution in [2.75, 3.05) is 6.54 Å². The largest absolute Gasteiger partial charge is 0.326 e. The van der Waals surface area contributed by atoms with E-state index in [9.17, 15) is 8.42 Å². The zero-order valence-electron chi connectivity index (χ0n) is 9.94. The predicted octanol–water partition coefficient (Wildman–Crippen LogP) is 0.479. The first-order valence-corrected chi connectivity index (χ1v) is 7.08. The highest BCUT2D eigenvalue weighted by atomic mass is 32.2. The van der Waals surface area contributed by atoms with Crippen molar-refractivity contribution in [1.29, 1.82) is 0 Å². The molecule has 0 fully saturated rings. The number of hydrogen-bond acceptors (Lipinski definition) is 3. The van der Waals surface area contributed by atoms with Crippen LogP contribution < -0.4 is 15.2 Å². The molecule has 1 rings (SSSR count). The average Bonchev–Trinajstić information content (AvgIpc) is 2.35. The quantitative estimate of drug-likeness (QED) is 0.664. The number of rotatable bonds is 7. The highest BCUT2D eigenvalue weighted by molar-refractivity contribution is 7.87. The van der Waals surface area contributed by atoms with Gasteiger partial charge in [0.15, 0.2) is 0 Å². The van der Waals surface area contributed by atoms with Crippen LogP contribution in [0.5, 0.6) is 0 Å². The van der Waals surface area contributed by atoms with E-state index in [0.717, 1.165) is 17.5 Å². The minimum Gasteiger partial charge on any atom is -0.326 e. The maximum Gasteiger partial charge on any atom is 0.277 e. The maximum absolute atomic E-state index is 11.4. The standard InChI is InChI=1S/C11H19N3O2S/c1-2-7-13-17(15,16)14-9-11-5-3-10(8-12)4-6-11/h3-6,13-14H,2,7-9,12H2,1H3. The van der Waals surface area contributed by atoms with E-state index in [4.69, 9.17) is 5.73 Å². The number of nitrogens with one attached hydrogen (secondary N) is 2. The van der Waals surface area contributed by atoms with Crippen LogP contribution in [0.15, 0.2) is 24.3 Å². The van der Waals surface area contributed by atoms with Gasteiger partial charge in [-0.05, 0) is 17.5 Å². The summed E-state index contributed by atoms with van der Waals surface area (Å²) in [6.45, 7) is 3.13. The van der Waals surface area contributed by atoms with E-state index in [1.54, 1.807) is 0 Å². The van der Waals surface area contributed by atoms with E-state index < -0.39 is 10.2 Å². The Morgan fingerprint density at radius 2 is 1.71 bits per heavy atom. The van der Waals surface area contributed by atoms with Gasteiger partial charge in [-0.1, -0.05) is 31.2 Å². The number of benzene rings is 1. The summed E-state index contributed by atoms with van der Waals surface area (Å²) in [5.41, 5.74) is 7.41. The molecule has 0 radical (unpaired) electrons. The summed E-state index contributed by atoms with van der Waals surface area (Å²) in [4.78, 5) is 0. The topological polar surface area (TPSA) is 84.2 Å². The van der Waals surface area contributed by atoms with Crippen molar-refractivity contribution in [1.82, 2.24) is 9.44 Å². The van der Waals surface area contributed by atoms with Gasteiger partial charge in [0.05, 0.1) is 0 Å². The molecule has 0 aromatic heterocycles. The van der Waals surface area contributed by atoms with Gasteiger partial charge in [-0.15, -0.1) is 0 Å². The van der Waals surface area contributed by atoms with Gasteiger partial charge in [-0.3, -0.25) is 0 Å². The van der Waals surface area contributed by atoms with Crippen molar-refractivity contribution in [3.05, 3.63) is 35.4 Å². The summed E-state index contributed by atoms with van der Waals surface area (Å²) in [6, 6.07) is 7.52. The molecule has 5 nitrogen and oxygen atoms in total. The maximum atomic E-state index is 11.4. The van der Waals surface area contributed by atoms with Gasteiger partial charge in [0.25, 0.3) is 10.2 Å². The van der Waals surface area contributed by atoms with E-state index in [1.165, 1.54) is 0 Å². The van der Waals surface area contributed by atoms with Crippen LogP contribution in [0.3, 0.4) is 0 Å². The Labute approximate surface area is 103 Å². The summed E-state index contributed by atoms with van der Waals surface area (Å²) in [5, 5.41) is 0. The Morgan fingerprint density at radius 1 is 1.12 bits per heavy atom.